The lowest BCUT2D eigenvalue weighted by molar-refractivity contribution is 0.522. The van der Waals surface area contributed by atoms with Gasteiger partial charge in [-0.15, -0.1) is 5.10 Å². The lowest BCUT2D eigenvalue weighted by Gasteiger charge is -2.17. The number of aromatic nitrogens is 4. The van der Waals surface area contributed by atoms with Crippen LogP contribution in [0, 0.1) is 6.92 Å². The Morgan fingerprint density at radius 1 is 1.37 bits per heavy atom. The van der Waals surface area contributed by atoms with E-state index in [0.717, 1.165) is 25.1 Å². The molecule has 0 radical (unpaired) electrons. The van der Waals surface area contributed by atoms with Crippen molar-refractivity contribution in [1.82, 2.24) is 25.3 Å². The van der Waals surface area contributed by atoms with Crippen molar-refractivity contribution in [2.45, 2.75) is 32.7 Å². The van der Waals surface area contributed by atoms with E-state index in [9.17, 15) is 0 Å². The average molecular weight is 259 g/mol. The summed E-state index contributed by atoms with van der Waals surface area (Å²) in [6.45, 7) is 5.22. The Bertz CT molecular complexity index is 520. The highest BCUT2D eigenvalue weighted by atomic mass is 15.4. The number of nitrogens with zero attached hydrogens (tertiary/aromatic N) is 4. The summed E-state index contributed by atoms with van der Waals surface area (Å²) in [5.41, 5.74) is 3.39. The zero-order chi connectivity index (χ0) is 13.7. The van der Waals surface area contributed by atoms with Gasteiger partial charge in [0.2, 0.25) is 0 Å². The summed E-state index contributed by atoms with van der Waals surface area (Å²) in [5.74, 6) is 0. The van der Waals surface area contributed by atoms with Crippen molar-refractivity contribution in [1.29, 1.82) is 0 Å². The normalized spacial score (nSPS) is 12.6. The van der Waals surface area contributed by atoms with Gasteiger partial charge in [0.15, 0.2) is 0 Å². The first-order chi connectivity index (χ1) is 9.19. The molecule has 0 aliphatic carbocycles. The molecule has 19 heavy (non-hydrogen) atoms. The maximum absolute atomic E-state index is 4.28. The Balaban J connectivity index is 2.15. The fraction of sp³-hybridized carbons (Fsp3) is 0.500. The SMILES string of the molecule is CCCNC(Cc1cn(C)nn1)c1cncc(C)c1. The van der Waals surface area contributed by atoms with Crippen molar-refractivity contribution in [3.63, 3.8) is 0 Å². The van der Waals surface area contributed by atoms with Crippen LogP contribution in [0.5, 0.6) is 0 Å². The third-order valence-corrected chi connectivity index (χ3v) is 3.00. The molecule has 0 spiro atoms. The van der Waals surface area contributed by atoms with Gasteiger partial charge in [-0.3, -0.25) is 9.67 Å². The predicted molar refractivity (Wildman–Crippen MR) is 74.7 cm³/mol. The molecule has 1 unspecified atom stereocenters. The van der Waals surface area contributed by atoms with Gasteiger partial charge >= 0.3 is 0 Å². The summed E-state index contributed by atoms with van der Waals surface area (Å²) < 4.78 is 1.74. The van der Waals surface area contributed by atoms with Gasteiger partial charge in [0.05, 0.1) is 5.69 Å². The highest BCUT2D eigenvalue weighted by Gasteiger charge is 2.14. The van der Waals surface area contributed by atoms with Crippen LogP contribution in [0.15, 0.2) is 24.7 Å². The minimum absolute atomic E-state index is 0.240. The number of hydrogen-bond acceptors (Lipinski definition) is 4. The summed E-state index contributed by atoms with van der Waals surface area (Å²) in [6, 6.07) is 2.42. The summed E-state index contributed by atoms with van der Waals surface area (Å²) >= 11 is 0. The van der Waals surface area contributed by atoms with Crippen LogP contribution in [-0.2, 0) is 13.5 Å². The summed E-state index contributed by atoms with van der Waals surface area (Å²) in [7, 11) is 1.89. The molecule has 1 N–H and O–H groups in total. The first-order valence-electron chi connectivity index (χ1n) is 6.69. The molecule has 1 atom stereocenters. The van der Waals surface area contributed by atoms with Crippen LogP contribution in [-0.4, -0.2) is 26.5 Å². The van der Waals surface area contributed by atoms with E-state index in [1.165, 1.54) is 11.1 Å². The highest BCUT2D eigenvalue weighted by molar-refractivity contribution is 5.21. The van der Waals surface area contributed by atoms with Gasteiger partial charge < -0.3 is 5.32 Å². The van der Waals surface area contributed by atoms with Crippen molar-refractivity contribution in [3.05, 3.63) is 41.5 Å². The summed E-state index contributed by atoms with van der Waals surface area (Å²) in [4.78, 5) is 4.28. The molecule has 2 aromatic rings. The van der Waals surface area contributed by atoms with Crippen LogP contribution in [0.2, 0.25) is 0 Å². The molecular formula is C14H21N5. The fourth-order valence-corrected chi connectivity index (χ4v) is 2.09. The topological polar surface area (TPSA) is 55.6 Å². The minimum Gasteiger partial charge on any atom is -0.310 e. The number of hydrogen-bond donors (Lipinski definition) is 1. The second kappa shape index (κ2) is 6.43. The molecule has 102 valence electrons. The molecule has 0 amide bonds. The van der Waals surface area contributed by atoms with E-state index < -0.39 is 0 Å². The number of nitrogens with one attached hydrogen (secondary N) is 1. The third kappa shape index (κ3) is 3.86. The summed E-state index contributed by atoms with van der Waals surface area (Å²) in [6.07, 6.45) is 7.71. The van der Waals surface area contributed by atoms with Gasteiger partial charge in [-0.1, -0.05) is 18.2 Å². The van der Waals surface area contributed by atoms with Crippen molar-refractivity contribution >= 4 is 0 Å². The van der Waals surface area contributed by atoms with Gasteiger partial charge in [0.25, 0.3) is 0 Å². The maximum atomic E-state index is 4.28. The Morgan fingerprint density at radius 2 is 2.21 bits per heavy atom. The van der Waals surface area contributed by atoms with E-state index in [4.69, 9.17) is 0 Å². The monoisotopic (exact) mass is 259 g/mol. The number of rotatable bonds is 6. The van der Waals surface area contributed by atoms with E-state index in [2.05, 4.69) is 40.5 Å². The third-order valence-electron chi connectivity index (χ3n) is 3.00. The average Bonchev–Trinajstić information content (AvgIpc) is 2.80. The summed E-state index contributed by atoms with van der Waals surface area (Å²) in [5, 5.41) is 11.7. The Kier molecular flexibility index (Phi) is 4.63. The van der Waals surface area contributed by atoms with Crippen LogP contribution in [0.1, 0.15) is 36.2 Å². The Labute approximate surface area is 114 Å². The van der Waals surface area contributed by atoms with Crippen molar-refractivity contribution in [2.24, 2.45) is 7.05 Å². The van der Waals surface area contributed by atoms with Crippen molar-refractivity contribution in [3.8, 4) is 0 Å². The Hall–Kier alpha value is -1.75. The molecule has 5 heteroatoms. The lowest BCUT2D eigenvalue weighted by Crippen LogP contribution is -2.24. The van der Waals surface area contributed by atoms with Crippen molar-refractivity contribution in [2.75, 3.05) is 6.54 Å². The second-order valence-corrected chi connectivity index (χ2v) is 4.89. The molecule has 2 heterocycles. The molecule has 5 nitrogen and oxygen atoms in total. The van der Waals surface area contributed by atoms with E-state index in [0.29, 0.717) is 0 Å². The van der Waals surface area contributed by atoms with Crippen LogP contribution < -0.4 is 5.32 Å². The minimum atomic E-state index is 0.240. The molecule has 0 aliphatic heterocycles. The molecule has 0 saturated heterocycles. The van der Waals surface area contributed by atoms with Gasteiger partial charge in [0, 0.05) is 38.1 Å². The molecular weight excluding hydrogens is 238 g/mol. The maximum Gasteiger partial charge on any atom is 0.0845 e. The van der Waals surface area contributed by atoms with Gasteiger partial charge in [-0.2, -0.15) is 0 Å². The molecule has 2 rings (SSSR count). The van der Waals surface area contributed by atoms with E-state index in [1.807, 2.05) is 25.6 Å². The fourth-order valence-electron chi connectivity index (χ4n) is 2.09. The molecule has 0 fully saturated rings. The standard InChI is InChI=1S/C14H21N5/c1-4-5-16-14(7-13-10-19(3)18-17-13)12-6-11(2)8-15-9-12/h6,8-10,14,16H,4-5,7H2,1-3H3. The largest absolute Gasteiger partial charge is 0.310 e. The number of aryl methyl sites for hydroxylation is 2. The quantitative estimate of drug-likeness (QED) is 0.859. The van der Waals surface area contributed by atoms with E-state index >= 15 is 0 Å². The molecule has 0 bridgehead atoms. The van der Waals surface area contributed by atoms with Crippen LogP contribution in [0.25, 0.3) is 0 Å². The van der Waals surface area contributed by atoms with Crippen LogP contribution in [0.3, 0.4) is 0 Å². The first kappa shape index (κ1) is 13.7. The van der Waals surface area contributed by atoms with Gasteiger partial charge in [-0.25, -0.2) is 0 Å². The predicted octanol–water partition coefficient (Wildman–Crippen LogP) is 1.80. The van der Waals surface area contributed by atoms with Gasteiger partial charge in [-0.05, 0) is 31.0 Å². The highest BCUT2D eigenvalue weighted by Crippen LogP contribution is 2.17. The molecule has 0 aromatic carbocycles. The molecule has 2 aromatic heterocycles. The van der Waals surface area contributed by atoms with E-state index in [1.54, 1.807) is 4.68 Å². The zero-order valence-electron chi connectivity index (χ0n) is 11.8. The lowest BCUT2D eigenvalue weighted by atomic mass is 10.0. The number of pyridine rings is 1. The van der Waals surface area contributed by atoms with Gasteiger partial charge in [0.1, 0.15) is 0 Å². The van der Waals surface area contributed by atoms with E-state index in [-0.39, 0.29) is 6.04 Å². The molecule has 0 saturated carbocycles. The smallest absolute Gasteiger partial charge is 0.0845 e. The second-order valence-electron chi connectivity index (χ2n) is 4.89. The van der Waals surface area contributed by atoms with Crippen LogP contribution in [0.4, 0.5) is 0 Å². The molecule has 0 aliphatic rings. The van der Waals surface area contributed by atoms with Crippen molar-refractivity contribution < 1.29 is 0 Å². The first-order valence-corrected chi connectivity index (χ1v) is 6.69. The zero-order valence-corrected chi connectivity index (χ0v) is 11.8. The Morgan fingerprint density at radius 3 is 2.84 bits per heavy atom. The van der Waals surface area contributed by atoms with Crippen LogP contribution >= 0.6 is 0 Å².